The molecular formula is C17H28ClN3. The number of hydrogen-bond acceptors (Lipinski definition) is 3. The quantitative estimate of drug-likeness (QED) is 0.874. The third-order valence-corrected chi connectivity index (χ3v) is 4.57. The van der Waals surface area contributed by atoms with Gasteiger partial charge in [-0.3, -0.25) is 0 Å². The Balaban J connectivity index is 2.19. The van der Waals surface area contributed by atoms with E-state index in [1.165, 1.54) is 32.1 Å². The highest BCUT2D eigenvalue weighted by Crippen LogP contribution is 2.26. The fraction of sp³-hybridized carbons (Fsp3) is 0.706. The normalized spacial score (nSPS) is 19.9. The number of pyridine rings is 1. The zero-order chi connectivity index (χ0) is 15.2. The first-order chi connectivity index (χ1) is 10.1. The summed E-state index contributed by atoms with van der Waals surface area (Å²) in [5.74, 6) is 1.09. The molecule has 21 heavy (non-hydrogen) atoms. The molecule has 1 aliphatic rings. The molecule has 1 atom stereocenters. The summed E-state index contributed by atoms with van der Waals surface area (Å²) in [4.78, 5) is 7.33. The van der Waals surface area contributed by atoms with E-state index in [1.807, 2.05) is 6.07 Å². The lowest BCUT2D eigenvalue weighted by Gasteiger charge is -2.31. The van der Waals surface area contributed by atoms with E-state index in [0.29, 0.717) is 12.1 Å². The largest absolute Gasteiger partial charge is 0.354 e. The van der Waals surface area contributed by atoms with Crippen LogP contribution in [0.5, 0.6) is 0 Å². The second kappa shape index (κ2) is 8.00. The molecule has 0 amide bonds. The van der Waals surface area contributed by atoms with E-state index < -0.39 is 0 Å². The van der Waals surface area contributed by atoms with Crippen molar-refractivity contribution < 1.29 is 0 Å². The Hall–Kier alpha value is -0.800. The molecule has 1 N–H and O–H groups in total. The van der Waals surface area contributed by atoms with Gasteiger partial charge in [0.15, 0.2) is 0 Å². The van der Waals surface area contributed by atoms with Crippen molar-refractivity contribution in [3.8, 4) is 0 Å². The van der Waals surface area contributed by atoms with Crippen LogP contribution in [0.25, 0.3) is 0 Å². The Bertz CT molecular complexity index is 448. The minimum absolute atomic E-state index is 0.438. The predicted molar refractivity (Wildman–Crippen MR) is 91.1 cm³/mol. The molecule has 1 unspecified atom stereocenters. The van der Waals surface area contributed by atoms with Crippen molar-refractivity contribution in [2.75, 3.05) is 11.4 Å². The molecule has 3 nitrogen and oxygen atoms in total. The fourth-order valence-corrected chi connectivity index (χ4v) is 3.13. The van der Waals surface area contributed by atoms with Gasteiger partial charge in [-0.25, -0.2) is 4.98 Å². The number of halogens is 1. The Labute approximate surface area is 134 Å². The average molecular weight is 310 g/mol. The molecule has 1 aliphatic heterocycles. The van der Waals surface area contributed by atoms with E-state index >= 15 is 0 Å². The third kappa shape index (κ3) is 4.58. The number of anilines is 1. The molecule has 2 heterocycles. The number of hydrogen-bond donors (Lipinski definition) is 1. The molecule has 1 aromatic rings. The van der Waals surface area contributed by atoms with Gasteiger partial charge in [-0.1, -0.05) is 45.2 Å². The SMILES string of the molecule is CCC1CCCCCN1c1ccc(Cl)c(CNC(C)C)n1. The molecule has 0 aromatic carbocycles. The smallest absolute Gasteiger partial charge is 0.129 e. The maximum atomic E-state index is 6.30. The predicted octanol–water partition coefficient (Wildman–Crippen LogP) is 4.39. The summed E-state index contributed by atoms with van der Waals surface area (Å²) < 4.78 is 0. The van der Waals surface area contributed by atoms with E-state index in [0.717, 1.165) is 29.6 Å². The summed E-state index contributed by atoms with van der Waals surface area (Å²) in [6.45, 7) is 8.40. The van der Waals surface area contributed by atoms with E-state index in [4.69, 9.17) is 16.6 Å². The maximum absolute atomic E-state index is 6.30. The van der Waals surface area contributed by atoms with Crippen molar-refractivity contribution >= 4 is 17.4 Å². The van der Waals surface area contributed by atoms with Crippen LogP contribution in [-0.4, -0.2) is 23.6 Å². The van der Waals surface area contributed by atoms with Gasteiger partial charge in [-0.15, -0.1) is 0 Å². The topological polar surface area (TPSA) is 28.2 Å². The summed E-state index contributed by atoms with van der Waals surface area (Å²) in [5, 5.41) is 4.16. The molecule has 2 rings (SSSR count). The molecule has 1 aromatic heterocycles. The molecule has 1 saturated heterocycles. The molecule has 0 bridgehead atoms. The summed E-state index contributed by atoms with van der Waals surface area (Å²) in [7, 11) is 0. The monoisotopic (exact) mass is 309 g/mol. The van der Waals surface area contributed by atoms with Gasteiger partial charge in [0.25, 0.3) is 0 Å². The van der Waals surface area contributed by atoms with Crippen LogP contribution in [0, 0.1) is 0 Å². The van der Waals surface area contributed by atoms with Gasteiger partial charge in [0.2, 0.25) is 0 Å². The summed E-state index contributed by atoms with van der Waals surface area (Å²) in [6.07, 6.45) is 6.40. The van der Waals surface area contributed by atoms with Gasteiger partial charge >= 0.3 is 0 Å². The van der Waals surface area contributed by atoms with Gasteiger partial charge in [0, 0.05) is 25.2 Å². The van der Waals surface area contributed by atoms with Gasteiger partial charge < -0.3 is 10.2 Å². The molecule has 4 heteroatoms. The van der Waals surface area contributed by atoms with Crippen LogP contribution in [0.15, 0.2) is 12.1 Å². The highest BCUT2D eigenvalue weighted by atomic mass is 35.5. The minimum Gasteiger partial charge on any atom is -0.354 e. The van der Waals surface area contributed by atoms with Crippen LogP contribution in [-0.2, 0) is 6.54 Å². The van der Waals surface area contributed by atoms with Crippen molar-refractivity contribution in [1.82, 2.24) is 10.3 Å². The van der Waals surface area contributed by atoms with Crippen molar-refractivity contribution in [2.45, 2.75) is 71.5 Å². The Morgan fingerprint density at radius 1 is 1.33 bits per heavy atom. The number of rotatable bonds is 5. The number of nitrogens with one attached hydrogen (secondary N) is 1. The fourth-order valence-electron chi connectivity index (χ4n) is 2.96. The van der Waals surface area contributed by atoms with Crippen molar-refractivity contribution in [3.05, 3.63) is 22.8 Å². The lowest BCUT2D eigenvalue weighted by Crippen LogP contribution is -2.35. The van der Waals surface area contributed by atoms with Crippen molar-refractivity contribution in [2.24, 2.45) is 0 Å². The lowest BCUT2D eigenvalue weighted by molar-refractivity contribution is 0.548. The van der Waals surface area contributed by atoms with Gasteiger partial charge in [-0.2, -0.15) is 0 Å². The van der Waals surface area contributed by atoms with E-state index in [2.05, 4.69) is 37.1 Å². The summed E-state index contributed by atoms with van der Waals surface area (Å²) >= 11 is 6.30. The van der Waals surface area contributed by atoms with E-state index in [1.54, 1.807) is 0 Å². The molecule has 0 saturated carbocycles. The molecule has 0 radical (unpaired) electrons. The molecule has 118 valence electrons. The second-order valence-electron chi connectivity index (χ2n) is 6.24. The highest BCUT2D eigenvalue weighted by molar-refractivity contribution is 6.31. The first kappa shape index (κ1) is 16.6. The van der Waals surface area contributed by atoms with Crippen molar-refractivity contribution in [3.63, 3.8) is 0 Å². The molecule has 0 aliphatic carbocycles. The molecule has 1 fully saturated rings. The van der Waals surface area contributed by atoms with Gasteiger partial charge in [-0.05, 0) is 31.4 Å². The first-order valence-electron chi connectivity index (χ1n) is 8.27. The van der Waals surface area contributed by atoms with Crippen LogP contribution in [0.2, 0.25) is 5.02 Å². The number of aromatic nitrogens is 1. The molecule has 0 spiro atoms. The standard InChI is InChI=1S/C17H28ClN3/c1-4-14-8-6-5-7-11-21(14)17-10-9-15(18)16(20-17)12-19-13(2)3/h9-10,13-14,19H,4-8,11-12H2,1-3H3. The summed E-state index contributed by atoms with van der Waals surface area (Å²) in [6, 6.07) is 5.13. The van der Waals surface area contributed by atoms with Gasteiger partial charge in [0.05, 0.1) is 10.7 Å². The van der Waals surface area contributed by atoms with Crippen LogP contribution < -0.4 is 10.2 Å². The first-order valence-corrected chi connectivity index (χ1v) is 8.65. The Kier molecular flexibility index (Phi) is 6.31. The van der Waals surface area contributed by atoms with Crippen molar-refractivity contribution in [1.29, 1.82) is 0 Å². The zero-order valence-electron chi connectivity index (χ0n) is 13.5. The van der Waals surface area contributed by atoms with Gasteiger partial charge in [0.1, 0.15) is 5.82 Å². The Morgan fingerprint density at radius 2 is 2.14 bits per heavy atom. The average Bonchev–Trinajstić information content (AvgIpc) is 2.71. The maximum Gasteiger partial charge on any atom is 0.129 e. The van der Waals surface area contributed by atoms with Crippen LogP contribution >= 0.6 is 11.6 Å². The van der Waals surface area contributed by atoms with Crippen LogP contribution in [0.4, 0.5) is 5.82 Å². The molecular weight excluding hydrogens is 282 g/mol. The highest BCUT2D eigenvalue weighted by Gasteiger charge is 2.21. The third-order valence-electron chi connectivity index (χ3n) is 4.22. The second-order valence-corrected chi connectivity index (χ2v) is 6.65. The number of nitrogens with zero attached hydrogens (tertiary/aromatic N) is 2. The lowest BCUT2D eigenvalue weighted by atomic mass is 10.1. The minimum atomic E-state index is 0.438. The van der Waals surface area contributed by atoms with E-state index in [-0.39, 0.29) is 0 Å². The Morgan fingerprint density at radius 3 is 2.86 bits per heavy atom. The van der Waals surface area contributed by atoms with Crippen LogP contribution in [0.1, 0.15) is 58.6 Å². The zero-order valence-corrected chi connectivity index (χ0v) is 14.3. The van der Waals surface area contributed by atoms with E-state index in [9.17, 15) is 0 Å². The summed E-state index contributed by atoms with van der Waals surface area (Å²) in [5.41, 5.74) is 0.960. The van der Waals surface area contributed by atoms with Crippen LogP contribution in [0.3, 0.4) is 0 Å².